The van der Waals surface area contributed by atoms with E-state index in [4.69, 9.17) is 20.9 Å². The van der Waals surface area contributed by atoms with Gasteiger partial charge in [0.25, 0.3) is 0 Å². The summed E-state index contributed by atoms with van der Waals surface area (Å²) in [6, 6.07) is 0. The number of carbonyl (C=O) groups is 1. The van der Waals surface area contributed by atoms with Crippen molar-refractivity contribution < 1.29 is 14.3 Å². The van der Waals surface area contributed by atoms with E-state index < -0.39 is 0 Å². The molecule has 0 radical (unpaired) electrons. The van der Waals surface area contributed by atoms with Crippen LogP contribution in [-0.2, 0) is 14.3 Å². The molecule has 0 aromatic rings. The fourth-order valence-corrected chi connectivity index (χ4v) is 5.33. The molecule has 0 amide bonds. The van der Waals surface area contributed by atoms with Crippen LogP contribution in [0.25, 0.3) is 0 Å². The van der Waals surface area contributed by atoms with Crippen molar-refractivity contribution in [1.82, 2.24) is 9.80 Å². The average molecular weight is 623 g/mol. The molecule has 7 nitrogen and oxygen atoms in total. The number of carbonyl (C=O) groups excluding carboxylic acids is 1. The smallest absolute Gasteiger partial charge is 0.305 e. The quantitative estimate of drug-likeness (QED) is 0.0426. The molecule has 44 heavy (non-hydrogen) atoms. The molecular weight excluding hydrogens is 548 g/mol. The number of hydrogen-bond acceptors (Lipinski definition) is 7. The molecule has 0 aliphatic rings. The minimum absolute atomic E-state index is 0.0305. The molecule has 0 unspecified atom stereocenters. The monoisotopic (exact) mass is 623 g/mol. The van der Waals surface area contributed by atoms with Crippen LogP contribution in [0.5, 0.6) is 0 Å². The maximum absolute atomic E-state index is 12.1. The molecule has 0 aliphatic carbocycles. The summed E-state index contributed by atoms with van der Waals surface area (Å²) in [6.07, 6.45) is 31.7. The van der Waals surface area contributed by atoms with Crippen molar-refractivity contribution in [3.05, 3.63) is 24.3 Å². The van der Waals surface area contributed by atoms with Crippen molar-refractivity contribution in [3.63, 3.8) is 0 Å². The van der Waals surface area contributed by atoms with Gasteiger partial charge >= 0.3 is 5.97 Å². The first-order valence-electron chi connectivity index (χ1n) is 18.5. The van der Waals surface area contributed by atoms with Crippen molar-refractivity contribution >= 4 is 5.97 Å². The van der Waals surface area contributed by atoms with Crippen molar-refractivity contribution in [2.24, 2.45) is 11.5 Å². The van der Waals surface area contributed by atoms with Crippen molar-refractivity contribution in [2.75, 3.05) is 72.7 Å². The minimum atomic E-state index is -0.0305. The molecule has 0 heterocycles. The summed E-state index contributed by atoms with van der Waals surface area (Å²) in [5.74, 6) is -0.0305. The first-order valence-corrected chi connectivity index (χ1v) is 18.5. The van der Waals surface area contributed by atoms with Crippen LogP contribution in [0.2, 0.25) is 0 Å². The molecule has 7 heteroatoms. The maximum atomic E-state index is 12.1. The van der Waals surface area contributed by atoms with E-state index in [2.05, 4.69) is 41.0 Å². The number of unbranched alkanes of at least 4 members (excludes halogenated alkanes) is 11. The Morgan fingerprint density at radius 1 is 0.568 bits per heavy atom. The Bertz CT molecular complexity index is 644. The molecule has 0 aromatic heterocycles. The Hall–Kier alpha value is -1.25. The Morgan fingerprint density at radius 3 is 1.59 bits per heavy atom. The van der Waals surface area contributed by atoms with Crippen LogP contribution in [0, 0.1) is 0 Å². The zero-order valence-corrected chi connectivity index (χ0v) is 29.3. The van der Waals surface area contributed by atoms with Crippen LogP contribution >= 0.6 is 0 Å². The molecule has 4 N–H and O–H groups in total. The Kier molecular flexibility index (Phi) is 35.2. The number of methoxy groups -OCH3 is 1. The van der Waals surface area contributed by atoms with Crippen LogP contribution in [-0.4, -0.2) is 88.5 Å². The summed E-state index contributed by atoms with van der Waals surface area (Å²) < 4.78 is 10.7. The highest BCUT2D eigenvalue weighted by Crippen LogP contribution is 2.10. The van der Waals surface area contributed by atoms with Crippen molar-refractivity contribution in [2.45, 2.75) is 135 Å². The van der Waals surface area contributed by atoms with Crippen LogP contribution in [0.15, 0.2) is 24.3 Å². The van der Waals surface area contributed by atoms with E-state index in [9.17, 15) is 4.79 Å². The highest BCUT2D eigenvalue weighted by molar-refractivity contribution is 5.69. The number of nitrogens with two attached hydrogens (primary N) is 2. The summed E-state index contributed by atoms with van der Waals surface area (Å²) in [5.41, 5.74) is 11.6. The van der Waals surface area contributed by atoms with Gasteiger partial charge in [-0.05, 0) is 142 Å². The molecule has 260 valence electrons. The van der Waals surface area contributed by atoms with Gasteiger partial charge in [-0.3, -0.25) is 4.79 Å². The molecule has 0 bridgehead atoms. The van der Waals surface area contributed by atoms with Gasteiger partial charge < -0.3 is 30.7 Å². The summed E-state index contributed by atoms with van der Waals surface area (Å²) in [6.45, 7) is 11.7. The zero-order valence-electron chi connectivity index (χ0n) is 29.3. The van der Waals surface area contributed by atoms with E-state index >= 15 is 0 Å². The van der Waals surface area contributed by atoms with E-state index in [1.165, 1.54) is 70.6 Å². The predicted molar refractivity (Wildman–Crippen MR) is 190 cm³/mol. The maximum Gasteiger partial charge on any atom is 0.305 e. The van der Waals surface area contributed by atoms with Crippen LogP contribution in [0.3, 0.4) is 0 Å². The van der Waals surface area contributed by atoms with Gasteiger partial charge in [-0.15, -0.1) is 0 Å². The zero-order chi connectivity index (χ0) is 32.2. The second-order valence-electron chi connectivity index (χ2n) is 12.3. The molecule has 0 aromatic carbocycles. The standard InChI is InChI=1S/C37H74N4O3/c1-3-4-5-6-7-8-9-10-11-12-13-14-15-16-17-26-37(42)44-36-23-21-32-41(34-25-28-39)30-19-18-29-40(33-24-27-38)31-20-22-35-43-2/h7-8,10-11H,3-6,9,12-36,38-39H2,1-2H3/b8-7-,11-10-. The van der Waals surface area contributed by atoms with Gasteiger partial charge in [0.2, 0.25) is 0 Å². The predicted octanol–water partition coefficient (Wildman–Crippen LogP) is 7.63. The van der Waals surface area contributed by atoms with Crippen LogP contribution < -0.4 is 11.5 Å². The van der Waals surface area contributed by atoms with Gasteiger partial charge in [-0.25, -0.2) is 0 Å². The molecule has 0 spiro atoms. The lowest BCUT2D eigenvalue weighted by Crippen LogP contribution is -2.31. The van der Waals surface area contributed by atoms with E-state index in [1.807, 2.05) is 0 Å². The molecule has 0 aliphatic heterocycles. The SMILES string of the molecule is CCCCC/C=C\C/C=C\CCCCCCCC(=O)OCCCCN(CCCN)CCCCN(CCCN)CCCCOC. The minimum Gasteiger partial charge on any atom is -0.466 e. The third-order valence-corrected chi connectivity index (χ3v) is 8.09. The van der Waals surface area contributed by atoms with Gasteiger partial charge in [-0.2, -0.15) is 0 Å². The lowest BCUT2D eigenvalue weighted by molar-refractivity contribution is -0.143. The van der Waals surface area contributed by atoms with Gasteiger partial charge in [0.15, 0.2) is 0 Å². The number of esters is 1. The van der Waals surface area contributed by atoms with E-state index in [1.54, 1.807) is 7.11 Å². The topological polar surface area (TPSA) is 94.1 Å². The van der Waals surface area contributed by atoms with Gasteiger partial charge in [0.05, 0.1) is 6.61 Å². The fourth-order valence-electron chi connectivity index (χ4n) is 5.33. The van der Waals surface area contributed by atoms with Crippen LogP contribution in [0.1, 0.15) is 135 Å². The highest BCUT2D eigenvalue weighted by atomic mass is 16.5. The Morgan fingerprint density at radius 2 is 1.05 bits per heavy atom. The summed E-state index contributed by atoms with van der Waals surface area (Å²) in [5, 5.41) is 0. The summed E-state index contributed by atoms with van der Waals surface area (Å²) in [7, 11) is 1.77. The molecule has 0 atom stereocenters. The van der Waals surface area contributed by atoms with Gasteiger partial charge in [0.1, 0.15) is 0 Å². The number of allylic oxidation sites excluding steroid dienone is 4. The normalized spacial score (nSPS) is 12.0. The largest absolute Gasteiger partial charge is 0.466 e. The lowest BCUT2D eigenvalue weighted by Gasteiger charge is -2.24. The summed E-state index contributed by atoms with van der Waals surface area (Å²) in [4.78, 5) is 17.2. The van der Waals surface area contributed by atoms with E-state index in [0.717, 1.165) is 110 Å². The number of rotatable bonds is 35. The first kappa shape index (κ1) is 42.8. The van der Waals surface area contributed by atoms with Crippen LogP contribution in [0.4, 0.5) is 0 Å². The molecule has 0 rings (SSSR count). The molecular formula is C37H74N4O3. The second-order valence-corrected chi connectivity index (χ2v) is 12.3. The highest BCUT2D eigenvalue weighted by Gasteiger charge is 2.08. The van der Waals surface area contributed by atoms with E-state index in [0.29, 0.717) is 13.0 Å². The Balaban J connectivity index is 3.85. The third-order valence-electron chi connectivity index (χ3n) is 8.09. The second kappa shape index (κ2) is 36.2. The average Bonchev–Trinajstić information content (AvgIpc) is 3.03. The lowest BCUT2D eigenvalue weighted by atomic mass is 10.1. The van der Waals surface area contributed by atoms with Gasteiger partial charge in [0, 0.05) is 20.1 Å². The Labute approximate surface area is 273 Å². The number of nitrogens with zero attached hydrogens (tertiary/aromatic N) is 2. The van der Waals surface area contributed by atoms with Crippen molar-refractivity contribution in [1.29, 1.82) is 0 Å². The molecule has 0 fully saturated rings. The van der Waals surface area contributed by atoms with E-state index in [-0.39, 0.29) is 5.97 Å². The van der Waals surface area contributed by atoms with Gasteiger partial charge in [-0.1, -0.05) is 63.3 Å². The molecule has 0 saturated carbocycles. The number of ether oxygens (including phenoxy) is 2. The number of hydrogen-bond donors (Lipinski definition) is 2. The molecule has 0 saturated heterocycles. The fraction of sp³-hybridized carbons (Fsp3) is 0.865. The van der Waals surface area contributed by atoms with Crippen molar-refractivity contribution in [3.8, 4) is 0 Å². The first-order chi connectivity index (χ1) is 21.7. The summed E-state index contributed by atoms with van der Waals surface area (Å²) >= 11 is 0. The third kappa shape index (κ3) is 32.2.